The van der Waals surface area contributed by atoms with Crippen LogP contribution in [0.25, 0.3) is 0 Å². The summed E-state index contributed by atoms with van der Waals surface area (Å²) in [7, 11) is 0. The van der Waals surface area contributed by atoms with E-state index in [-0.39, 0.29) is 24.3 Å². The Balaban J connectivity index is 0.00000162. The monoisotopic (exact) mass is 340 g/mol. The molecule has 1 atom stereocenters. The van der Waals surface area contributed by atoms with Gasteiger partial charge in [0.15, 0.2) is 0 Å². The summed E-state index contributed by atoms with van der Waals surface area (Å²) in [5, 5.41) is 3.23. The number of hydrogen-bond acceptors (Lipinski definition) is 2. The Hall–Kier alpha value is -0.230. The lowest BCUT2D eigenvalue weighted by Gasteiger charge is -2.34. The quantitative estimate of drug-likeness (QED) is 0.909. The second kappa shape index (κ2) is 7.38. The number of nitrogens with one attached hydrogen (secondary N) is 1. The van der Waals surface area contributed by atoms with Gasteiger partial charge in [-0.05, 0) is 17.7 Å². The molecule has 0 aromatic heterocycles. The largest absolute Gasteiger partial charge is 0.314 e. The van der Waals surface area contributed by atoms with Crippen molar-refractivity contribution in [3.63, 3.8) is 0 Å². The first kappa shape index (κ1) is 15.8. The van der Waals surface area contributed by atoms with Gasteiger partial charge in [-0.3, -0.25) is 4.90 Å². The van der Waals surface area contributed by atoms with Crippen LogP contribution in [0.15, 0.2) is 22.7 Å². The number of halogens is 4. The van der Waals surface area contributed by atoms with Gasteiger partial charge in [-0.1, -0.05) is 22.0 Å². The molecule has 1 aliphatic heterocycles. The van der Waals surface area contributed by atoms with Gasteiger partial charge in [0.1, 0.15) is 12.5 Å². The SMILES string of the molecule is Cl.FC[C@@H](c1ccc(F)cc1Br)N1CCNCC1. The molecule has 0 amide bonds. The highest BCUT2D eigenvalue weighted by molar-refractivity contribution is 9.10. The third kappa shape index (κ3) is 3.63. The van der Waals surface area contributed by atoms with Gasteiger partial charge < -0.3 is 5.32 Å². The van der Waals surface area contributed by atoms with Crippen LogP contribution in [-0.2, 0) is 0 Å². The first-order valence-electron chi connectivity index (χ1n) is 5.68. The van der Waals surface area contributed by atoms with Crippen LogP contribution in [0.5, 0.6) is 0 Å². The molecule has 0 unspecified atom stereocenters. The van der Waals surface area contributed by atoms with Gasteiger partial charge in [0, 0.05) is 30.7 Å². The zero-order chi connectivity index (χ0) is 12.3. The predicted octanol–water partition coefficient (Wildman–Crippen LogP) is 2.93. The zero-order valence-electron chi connectivity index (χ0n) is 9.83. The second-order valence-electron chi connectivity index (χ2n) is 4.12. The Labute approximate surface area is 120 Å². The summed E-state index contributed by atoms with van der Waals surface area (Å²) in [6, 6.07) is 4.14. The van der Waals surface area contributed by atoms with Crippen molar-refractivity contribution < 1.29 is 8.78 Å². The maximum atomic E-state index is 13.2. The number of benzene rings is 1. The van der Waals surface area contributed by atoms with Crippen molar-refractivity contribution in [3.05, 3.63) is 34.1 Å². The summed E-state index contributed by atoms with van der Waals surface area (Å²) in [6.07, 6.45) is 0. The molecule has 1 heterocycles. The normalized spacial score (nSPS) is 18.2. The average molecular weight is 342 g/mol. The molecule has 0 bridgehead atoms. The summed E-state index contributed by atoms with van der Waals surface area (Å²) >= 11 is 3.31. The van der Waals surface area contributed by atoms with E-state index in [9.17, 15) is 8.78 Å². The number of piperazine rings is 1. The molecule has 1 aromatic rings. The van der Waals surface area contributed by atoms with E-state index in [0.29, 0.717) is 4.47 Å². The molecule has 1 fully saturated rings. The highest BCUT2D eigenvalue weighted by atomic mass is 79.9. The highest BCUT2D eigenvalue weighted by Crippen LogP contribution is 2.29. The van der Waals surface area contributed by atoms with Crippen molar-refractivity contribution in [3.8, 4) is 0 Å². The number of rotatable bonds is 3. The van der Waals surface area contributed by atoms with Gasteiger partial charge in [0.25, 0.3) is 0 Å². The van der Waals surface area contributed by atoms with E-state index in [1.807, 2.05) is 0 Å². The van der Waals surface area contributed by atoms with Gasteiger partial charge in [0.2, 0.25) is 0 Å². The number of alkyl halides is 1. The van der Waals surface area contributed by atoms with Gasteiger partial charge in [-0.2, -0.15) is 0 Å². The van der Waals surface area contributed by atoms with E-state index >= 15 is 0 Å². The molecule has 0 aliphatic carbocycles. The highest BCUT2D eigenvalue weighted by Gasteiger charge is 2.23. The molecule has 18 heavy (non-hydrogen) atoms. The lowest BCUT2D eigenvalue weighted by Crippen LogP contribution is -2.45. The molecule has 1 saturated heterocycles. The van der Waals surface area contributed by atoms with E-state index in [1.165, 1.54) is 12.1 Å². The summed E-state index contributed by atoms with van der Waals surface area (Å²) < 4.78 is 26.9. The molecule has 6 heteroatoms. The van der Waals surface area contributed by atoms with E-state index in [0.717, 1.165) is 31.7 Å². The van der Waals surface area contributed by atoms with Crippen LogP contribution in [0.4, 0.5) is 8.78 Å². The van der Waals surface area contributed by atoms with Gasteiger partial charge in [-0.15, -0.1) is 12.4 Å². The Morgan fingerprint density at radius 1 is 1.33 bits per heavy atom. The van der Waals surface area contributed by atoms with Crippen molar-refractivity contribution in [1.29, 1.82) is 0 Å². The molecule has 0 saturated carbocycles. The predicted molar refractivity (Wildman–Crippen MR) is 74.5 cm³/mol. The summed E-state index contributed by atoms with van der Waals surface area (Å²) in [5.74, 6) is -0.307. The fourth-order valence-corrected chi connectivity index (χ4v) is 2.76. The first-order chi connectivity index (χ1) is 8.22. The van der Waals surface area contributed by atoms with Crippen molar-refractivity contribution in [2.45, 2.75) is 6.04 Å². The van der Waals surface area contributed by atoms with Crippen molar-refractivity contribution in [2.75, 3.05) is 32.9 Å². The number of nitrogens with zero attached hydrogens (tertiary/aromatic N) is 1. The third-order valence-electron chi connectivity index (χ3n) is 3.06. The standard InChI is InChI=1S/C12H15BrF2N2.ClH/c13-11-7-9(15)1-2-10(11)12(8-14)17-5-3-16-4-6-17;/h1-2,7,12,16H,3-6,8H2;1H/t12-;/m0./s1. The Morgan fingerprint density at radius 2 is 2.00 bits per heavy atom. The molecule has 2 rings (SSSR count). The fourth-order valence-electron chi connectivity index (χ4n) is 2.14. The van der Waals surface area contributed by atoms with Crippen molar-refractivity contribution >= 4 is 28.3 Å². The Morgan fingerprint density at radius 3 is 2.56 bits per heavy atom. The minimum Gasteiger partial charge on any atom is -0.314 e. The van der Waals surface area contributed by atoms with Gasteiger partial charge in [-0.25, -0.2) is 8.78 Å². The first-order valence-corrected chi connectivity index (χ1v) is 6.47. The smallest absolute Gasteiger partial charge is 0.124 e. The van der Waals surface area contributed by atoms with E-state index in [2.05, 4.69) is 26.1 Å². The minimum absolute atomic E-state index is 0. The molecule has 1 aliphatic rings. The van der Waals surface area contributed by atoms with Gasteiger partial charge in [0.05, 0.1) is 6.04 Å². The molecule has 0 radical (unpaired) electrons. The topological polar surface area (TPSA) is 15.3 Å². The molecule has 0 spiro atoms. The summed E-state index contributed by atoms with van der Waals surface area (Å²) in [6.45, 7) is 2.92. The molecule has 1 N–H and O–H groups in total. The average Bonchev–Trinajstić information content (AvgIpc) is 2.34. The third-order valence-corrected chi connectivity index (χ3v) is 3.75. The molecule has 2 nitrogen and oxygen atoms in total. The summed E-state index contributed by atoms with van der Waals surface area (Å²) in [4.78, 5) is 2.09. The van der Waals surface area contributed by atoms with Crippen molar-refractivity contribution in [1.82, 2.24) is 10.2 Å². The fraction of sp³-hybridized carbons (Fsp3) is 0.500. The maximum absolute atomic E-state index is 13.2. The number of hydrogen-bond donors (Lipinski definition) is 1. The lowest BCUT2D eigenvalue weighted by molar-refractivity contribution is 0.147. The Bertz CT molecular complexity index is 386. The van der Waals surface area contributed by atoms with Crippen LogP contribution in [0.1, 0.15) is 11.6 Å². The van der Waals surface area contributed by atoms with Crippen molar-refractivity contribution in [2.24, 2.45) is 0 Å². The van der Waals surface area contributed by atoms with E-state index < -0.39 is 6.67 Å². The summed E-state index contributed by atoms with van der Waals surface area (Å²) in [5.41, 5.74) is 0.816. The van der Waals surface area contributed by atoms with Crippen LogP contribution >= 0.6 is 28.3 Å². The van der Waals surface area contributed by atoms with E-state index in [1.54, 1.807) is 6.07 Å². The molecular formula is C12H16BrClF2N2. The zero-order valence-corrected chi connectivity index (χ0v) is 12.2. The van der Waals surface area contributed by atoms with Crippen LogP contribution in [0.3, 0.4) is 0 Å². The Kier molecular flexibility index (Phi) is 6.49. The van der Waals surface area contributed by atoms with Gasteiger partial charge >= 0.3 is 0 Å². The van der Waals surface area contributed by atoms with Crippen LogP contribution in [0, 0.1) is 5.82 Å². The van der Waals surface area contributed by atoms with E-state index in [4.69, 9.17) is 0 Å². The maximum Gasteiger partial charge on any atom is 0.124 e. The second-order valence-corrected chi connectivity index (χ2v) is 4.98. The van der Waals surface area contributed by atoms with Crippen LogP contribution in [-0.4, -0.2) is 37.8 Å². The molecule has 1 aromatic carbocycles. The van der Waals surface area contributed by atoms with Crippen LogP contribution < -0.4 is 5.32 Å². The molecule has 102 valence electrons. The molecular weight excluding hydrogens is 325 g/mol. The lowest BCUT2D eigenvalue weighted by atomic mass is 10.1. The minimum atomic E-state index is -0.454. The van der Waals surface area contributed by atoms with Crippen LogP contribution in [0.2, 0.25) is 0 Å².